The van der Waals surface area contributed by atoms with Gasteiger partial charge in [-0.05, 0) is 75.2 Å². The molecular formula is C30H29Br2N3O10S. The van der Waals surface area contributed by atoms with Gasteiger partial charge in [0, 0.05) is 41.4 Å². The summed E-state index contributed by atoms with van der Waals surface area (Å²) in [5.41, 5.74) is 1.13. The van der Waals surface area contributed by atoms with Crippen molar-refractivity contribution in [1.82, 2.24) is 9.62 Å². The van der Waals surface area contributed by atoms with Gasteiger partial charge in [0.25, 0.3) is 5.69 Å². The van der Waals surface area contributed by atoms with Crippen molar-refractivity contribution in [3.8, 4) is 23.0 Å². The van der Waals surface area contributed by atoms with Gasteiger partial charge in [-0.1, -0.05) is 0 Å². The van der Waals surface area contributed by atoms with E-state index in [1.807, 2.05) is 0 Å². The highest BCUT2D eigenvalue weighted by molar-refractivity contribution is 9.11. The van der Waals surface area contributed by atoms with Crippen molar-refractivity contribution in [1.29, 1.82) is 0 Å². The highest BCUT2D eigenvalue weighted by Crippen LogP contribution is 2.51. The second-order valence-electron chi connectivity index (χ2n) is 9.89. The molecule has 0 saturated carbocycles. The first-order valence-corrected chi connectivity index (χ1v) is 16.5. The van der Waals surface area contributed by atoms with E-state index in [9.17, 15) is 28.1 Å². The lowest BCUT2D eigenvalue weighted by atomic mass is 9.90. The van der Waals surface area contributed by atoms with E-state index in [1.54, 1.807) is 18.2 Å². The lowest BCUT2D eigenvalue weighted by molar-refractivity contribution is -0.384. The first-order valence-electron chi connectivity index (χ1n) is 13.4. The minimum atomic E-state index is -4.27. The molecule has 1 heterocycles. The molecule has 1 amide bonds. The Morgan fingerprint density at radius 2 is 1.57 bits per heavy atom. The smallest absolute Gasteiger partial charge is 0.269 e. The maximum absolute atomic E-state index is 14.0. The molecule has 16 heteroatoms. The van der Waals surface area contributed by atoms with Crippen LogP contribution in [0.3, 0.4) is 0 Å². The summed E-state index contributed by atoms with van der Waals surface area (Å²) in [6.45, 7) is 1.36. The van der Waals surface area contributed by atoms with E-state index in [2.05, 4.69) is 36.6 Å². The largest absolute Gasteiger partial charge is 0.493 e. The number of nitrogens with zero attached hydrogens (tertiary/aromatic N) is 2. The number of halogens is 2. The van der Waals surface area contributed by atoms with Crippen LogP contribution in [-0.2, 0) is 14.8 Å². The number of fused-ring (bicyclic) bond motifs is 1. The highest BCUT2D eigenvalue weighted by atomic mass is 79.9. The van der Waals surface area contributed by atoms with Crippen molar-refractivity contribution in [3.63, 3.8) is 0 Å². The van der Waals surface area contributed by atoms with Gasteiger partial charge in [-0.3, -0.25) is 19.7 Å². The zero-order chi connectivity index (χ0) is 33.9. The molecule has 2 atom stereocenters. The molecule has 244 valence electrons. The van der Waals surface area contributed by atoms with Crippen molar-refractivity contribution < 1.29 is 41.9 Å². The van der Waals surface area contributed by atoms with E-state index in [0.717, 1.165) is 24.3 Å². The molecule has 1 N–H and O–H groups in total. The summed E-state index contributed by atoms with van der Waals surface area (Å²) in [4.78, 5) is 39.1. The molecule has 0 aromatic heterocycles. The number of ether oxygens (including phenoxy) is 4. The van der Waals surface area contributed by atoms with Crippen molar-refractivity contribution in [2.75, 3.05) is 28.4 Å². The third-order valence-electron chi connectivity index (χ3n) is 7.25. The predicted octanol–water partition coefficient (Wildman–Crippen LogP) is 5.65. The van der Waals surface area contributed by atoms with E-state index in [-0.39, 0.29) is 22.8 Å². The maximum atomic E-state index is 14.0. The van der Waals surface area contributed by atoms with Crippen LogP contribution in [0, 0.1) is 10.1 Å². The van der Waals surface area contributed by atoms with E-state index >= 15 is 0 Å². The number of hydrogen-bond donors (Lipinski definition) is 1. The third kappa shape index (κ3) is 6.74. The minimum absolute atomic E-state index is 0.221. The molecule has 0 saturated heterocycles. The number of benzene rings is 3. The van der Waals surface area contributed by atoms with Gasteiger partial charge in [-0.15, -0.1) is 0 Å². The Bertz CT molecular complexity index is 1830. The molecule has 4 rings (SSSR count). The molecule has 3 aromatic rings. The Labute approximate surface area is 281 Å². The molecule has 0 radical (unpaired) electrons. The van der Waals surface area contributed by atoms with Crippen LogP contribution in [-0.4, -0.2) is 64.4 Å². The van der Waals surface area contributed by atoms with Gasteiger partial charge in [0.2, 0.25) is 15.9 Å². The molecule has 0 aliphatic carbocycles. The van der Waals surface area contributed by atoms with Gasteiger partial charge in [0.15, 0.2) is 28.8 Å². The van der Waals surface area contributed by atoms with Crippen LogP contribution in [0.1, 0.15) is 40.9 Å². The summed E-state index contributed by atoms with van der Waals surface area (Å²) < 4.78 is 51.4. The van der Waals surface area contributed by atoms with Crippen LogP contribution in [0.15, 0.2) is 62.5 Å². The number of amides is 1. The van der Waals surface area contributed by atoms with Gasteiger partial charge >= 0.3 is 0 Å². The van der Waals surface area contributed by atoms with Crippen LogP contribution < -0.4 is 23.7 Å². The standard InChI is InChI=1S/C30H29Br2N3O10S/c1-16(33-46(40,41)19-9-7-18(8-10-19)35(38)39)30(37)34-13-12-20-25(27(32)29(45-5)28(44-4)26(20)31)21(34)15-22(36)17-6-11-23(42-2)24(14-17)43-3/h6-14,16,21,33H,15H2,1-5H3/t16-,21+/m0/s1. The fraction of sp³-hybridized carbons (Fsp3) is 0.267. The Balaban J connectivity index is 1.75. The number of nitro benzene ring substituents is 1. The van der Waals surface area contributed by atoms with Crippen LogP contribution in [0.5, 0.6) is 23.0 Å². The van der Waals surface area contributed by atoms with Gasteiger partial charge in [-0.2, -0.15) is 4.72 Å². The number of Topliss-reactive ketones (excluding diaryl/α,β-unsaturated/α-hetero) is 1. The molecule has 13 nitrogen and oxygen atoms in total. The first-order chi connectivity index (χ1) is 21.8. The van der Waals surface area contributed by atoms with Gasteiger partial charge < -0.3 is 23.8 Å². The highest BCUT2D eigenvalue weighted by Gasteiger charge is 2.38. The number of sulfonamides is 1. The zero-order valence-electron chi connectivity index (χ0n) is 25.2. The molecule has 0 spiro atoms. The Morgan fingerprint density at radius 1 is 0.957 bits per heavy atom. The second kappa shape index (κ2) is 14.2. The molecule has 0 fully saturated rings. The second-order valence-corrected chi connectivity index (χ2v) is 13.2. The maximum Gasteiger partial charge on any atom is 0.269 e. The van der Waals surface area contributed by atoms with Crippen molar-refractivity contribution in [2.24, 2.45) is 0 Å². The number of nitrogens with one attached hydrogen (secondary N) is 1. The number of hydrogen-bond acceptors (Lipinski definition) is 10. The summed E-state index contributed by atoms with van der Waals surface area (Å²) in [6, 6.07) is 6.72. The lowest BCUT2D eigenvalue weighted by Gasteiger charge is -2.36. The lowest BCUT2D eigenvalue weighted by Crippen LogP contribution is -2.47. The normalized spacial score (nSPS) is 14.7. The number of methoxy groups -OCH3 is 4. The SMILES string of the molecule is COc1ccc(C(=O)C[C@@H]2c3c(Br)c(OC)c(OC)c(Br)c3C=CN2C(=O)[C@H](C)NS(=O)(=O)c2ccc([N+](=O)[O-])cc2)cc1OC. The molecule has 0 unspecified atom stereocenters. The quantitative estimate of drug-likeness (QED) is 0.138. The minimum Gasteiger partial charge on any atom is -0.493 e. The van der Waals surface area contributed by atoms with Crippen LogP contribution in [0.25, 0.3) is 6.08 Å². The average Bonchev–Trinajstić information content (AvgIpc) is 3.04. The number of carbonyl (C=O) groups excluding carboxylic acids is 2. The topological polar surface area (TPSA) is 164 Å². The first kappa shape index (κ1) is 34.9. The summed E-state index contributed by atoms with van der Waals surface area (Å²) in [7, 11) is 1.57. The van der Waals surface area contributed by atoms with Gasteiger partial charge in [0.1, 0.15) is 0 Å². The number of ketones is 1. The predicted molar refractivity (Wildman–Crippen MR) is 175 cm³/mol. The van der Waals surface area contributed by atoms with Gasteiger partial charge in [0.05, 0.1) is 59.3 Å². The van der Waals surface area contributed by atoms with Crippen LogP contribution in [0.4, 0.5) is 5.69 Å². The fourth-order valence-electron chi connectivity index (χ4n) is 4.98. The Morgan fingerprint density at radius 3 is 2.13 bits per heavy atom. The fourth-order valence-corrected chi connectivity index (χ4v) is 7.69. The number of rotatable bonds is 12. The van der Waals surface area contributed by atoms with Crippen LogP contribution in [0.2, 0.25) is 0 Å². The zero-order valence-corrected chi connectivity index (χ0v) is 29.2. The molecule has 46 heavy (non-hydrogen) atoms. The Kier molecular flexibility index (Phi) is 10.8. The average molecular weight is 783 g/mol. The molecule has 3 aromatic carbocycles. The summed E-state index contributed by atoms with van der Waals surface area (Å²) >= 11 is 7.15. The van der Waals surface area contributed by atoms with E-state index < -0.39 is 32.9 Å². The number of non-ortho nitro benzene ring substituents is 1. The van der Waals surface area contributed by atoms with E-state index in [1.165, 1.54) is 52.5 Å². The number of carbonyl (C=O) groups is 2. The molecule has 1 aliphatic heterocycles. The van der Waals surface area contributed by atoms with Crippen molar-refractivity contribution in [2.45, 2.75) is 30.3 Å². The molecular weight excluding hydrogens is 754 g/mol. The third-order valence-corrected chi connectivity index (χ3v) is 10.4. The van der Waals surface area contributed by atoms with Crippen LogP contribution >= 0.6 is 31.9 Å². The van der Waals surface area contributed by atoms with E-state index in [4.69, 9.17) is 18.9 Å². The monoisotopic (exact) mass is 781 g/mol. The van der Waals surface area contributed by atoms with Gasteiger partial charge in [-0.25, -0.2) is 8.42 Å². The van der Waals surface area contributed by atoms with E-state index in [0.29, 0.717) is 48.6 Å². The molecule has 0 bridgehead atoms. The summed E-state index contributed by atoms with van der Waals surface area (Å²) in [5.74, 6) is 0.449. The summed E-state index contributed by atoms with van der Waals surface area (Å²) in [6.07, 6.45) is 2.89. The molecule has 1 aliphatic rings. The van der Waals surface area contributed by atoms with Crippen molar-refractivity contribution in [3.05, 3.63) is 84.4 Å². The summed E-state index contributed by atoms with van der Waals surface area (Å²) in [5, 5.41) is 11.0. The Hall–Kier alpha value is -3.99. The van der Waals surface area contributed by atoms with Crippen molar-refractivity contribution >= 4 is 65.3 Å². The number of nitro groups is 1.